The van der Waals surface area contributed by atoms with E-state index in [1.54, 1.807) is 6.20 Å². The lowest BCUT2D eigenvalue weighted by atomic mass is 10.1. The zero-order chi connectivity index (χ0) is 13.2. The number of benzene rings is 1. The normalized spacial score (nSPS) is 10.7. The Kier molecular flexibility index (Phi) is 2.72. The first-order valence-electron chi connectivity index (χ1n) is 5.84. The van der Waals surface area contributed by atoms with E-state index in [0.717, 1.165) is 16.6 Å². The van der Waals surface area contributed by atoms with Crippen molar-refractivity contribution in [1.29, 1.82) is 0 Å². The third-order valence-corrected chi connectivity index (χ3v) is 2.94. The molecule has 1 aromatic carbocycles. The van der Waals surface area contributed by atoms with E-state index in [9.17, 15) is 4.79 Å². The number of hydrogen-bond acceptors (Lipinski definition) is 3. The van der Waals surface area contributed by atoms with E-state index in [2.05, 4.69) is 15.0 Å². The first kappa shape index (κ1) is 11.4. The van der Waals surface area contributed by atoms with Gasteiger partial charge in [0.1, 0.15) is 12.0 Å². The largest absolute Gasteiger partial charge is 0.481 e. The number of nitrogens with one attached hydrogen (secondary N) is 1. The fraction of sp³-hybridized carbons (Fsp3) is 0.0714. The Morgan fingerprint density at radius 3 is 2.74 bits per heavy atom. The summed E-state index contributed by atoms with van der Waals surface area (Å²) in [4.78, 5) is 22.3. The van der Waals surface area contributed by atoms with Crippen molar-refractivity contribution in [2.75, 3.05) is 0 Å². The number of carbonyl (C=O) groups is 1. The minimum absolute atomic E-state index is 0.0484. The number of nitrogens with zero attached hydrogens (tertiary/aromatic N) is 2. The minimum atomic E-state index is -0.872. The number of aliphatic carboxylic acids is 1. The topological polar surface area (TPSA) is 78.9 Å². The Balaban J connectivity index is 2.24. The summed E-state index contributed by atoms with van der Waals surface area (Å²) in [6.07, 6.45) is 3.11. The van der Waals surface area contributed by atoms with Crippen molar-refractivity contribution in [3.8, 4) is 11.3 Å². The van der Waals surface area contributed by atoms with Gasteiger partial charge in [0.25, 0.3) is 0 Å². The molecule has 2 aromatic heterocycles. The first-order valence-corrected chi connectivity index (χ1v) is 5.84. The van der Waals surface area contributed by atoms with E-state index in [1.165, 1.54) is 6.33 Å². The van der Waals surface area contributed by atoms with Gasteiger partial charge >= 0.3 is 5.97 Å². The smallest absolute Gasteiger partial charge is 0.307 e. The molecule has 0 bridgehead atoms. The molecular weight excluding hydrogens is 242 g/mol. The van der Waals surface area contributed by atoms with Gasteiger partial charge < -0.3 is 10.1 Å². The number of rotatable bonds is 3. The number of carboxylic acids is 1. The molecule has 3 rings (SSSR count). The summed E-state index contributed by atoms with van der Waals surface area (Å²) in [6, 6.07) is 9.66. The molecule has 0 spiro atoms. The van der Waals surface area contributed by atoms with Gasteiger partial charge in [0.05, 0.1) is 12.1 Å². The molecule has 0 aliphatic heterocycles. The lowest BCUT2D eigenvalue weighted by Gasteiger charge is -2.03. The maximum Gasteiger partial charge on any atom is 0.307 e. The van der Waals surface area contributed by atoms with Crippen molar-refractivity contribution in [2.24, 2.45) is 0 Å². The van der Waals surface area contributed by atoms with Crippen LogP contribution in [0.1, 0.15) is 5.56 Å². The molecule has 2 N–H and O–H groups in total. The van der Waals surface area contributed by atoms with E-state index in [1.807, 2.05) is 30.3 Å². The molecule has 0 fully saturated rings. The highest BCUT2D eigenvalue weighted by molar-refractivity contribution is 5.95. The van der Waals surface area contributed by atoms with Crippen LogP contribution in [0.2, 0.25) is 0 Å². The van der Waals surface area contributed by atoms with Gasteiger partial charge in [-0.15, -0.1) is 0 Å². The minimum Gasteiger partial charge on any atom is -0.481 e. The highest BCUT2D eigenvalue weighted by Crippen LogP contribution is 2.27. The monoisotopic (exact) mass is 253 g/mol. The summed E-state index contributed by atoms with van der Waals surface area (Å²) in [5.41, 5.74) is 3.05. The van der Waals surface area contributed by atoms with Crippen LogP contribution >= 0.6 is 0 Å². The number of hydrogen-bond donors (Lipinski definition) is 2. The van der Waals surface area contributed by atoms with E-state index >= 15 is 0 Å². The second kappa shape index (κ2) is 4.53. The van der Waals surface area contributed by atoms with Crippen LogP contribution in [0, 0.1) is 0 Å². The molecule has 5 nitrogen and oxygen atoms in total. The lowest BCUT2D eigenvalue weighted by Crippen LogP contribution is -2.00. The molecule has 0 saturated heterocycles. The van der Waals surface area contributed by atoms with E-state index in [4.69, 9.17) is 5.11 Å². The molecule has 3 aromatic rings. The van der Waals surface area contributed by atoms with Gasteiger partial charge in [0.15, 0.2) is 0 Å². The lowest BCUT2D eigenvalue weighted by molar-refractivity contribution is -0.136. The van der Waals surface area contributed by atoms with Crippen molar-refractivity contribution in [3.05, 3.63) is 48.4 Å². The van der Waals surface area contributed by atoms with Gasteiger partial charge in [-0.2, -0.15) is 0 Å². The van der Waals surface area contributed by atoms with Crippen LogP contribution < -0.4 is 0 Å². The first-order chi connectivity index (χ1) is 9.25. The molecule has 0 saturated carbocycles. The molecule has 0 radical (unpaired) electrons. The number of fused-ring (bicyclic) bond motifs is 1. The fourth-order valence-electron chi connectivity index (χ4n) is 2.14. The van der Waals surface area contributed by atoms with Crippen LogP contribution in [0.15, 0.2) is 42.9 Å². The fourth-order valence-corrected chi connectivity index (χ4v) is 2.14. The average Bonchev–Trinajstić information content (AvgIpc) is 2.82. The molecule has 19 heavy (non-hydrogen) atoms. The molecule has 0 unspecified atom stereocenters. The van der Waals surface area contributed by atoms with Gasteiger partial charge in [0, 0.05) is 17.1 Å². The zero-order valence-corrected chi connectivity index (χ0v) is 10.00. The maximum atomic E-state index is 10.9. The van der Waals surface area contributed by atoms with Gasteiger partial charge in [-0.25, -0.2) is 9.97 Å². The second-order valence-electron chi connectivity index (χ2n) is 4.20. The molecule has 0 aliphatic rings. The average molecular weight is 253 g/mol. The molecular formula is C14H11N3O2. The molecule has 94 valence electrons. The van der Waals surface area contributed by atoms with E-state index in [-0.39, 0.29) is 6.42 Å². The molecule has 2 heterocycles. The zero-order valence-electron chi connectivity index (χ0n) is 10.00. The Labute approximate surface area is 109 Å². The van der Waals surface area contributed by atoms with Gasteiger partial charge in [-0.1, -0.05) is 30.3 Å². The maximum absolute atomic E-state index is 10.9. The van der Waals surface area contributed by atoms with E-state index in [0.29, 0.717) is 11.2 Å². The van der Waals surface area contributed by atoms with Gasteiger partial charge in [-0.3, -0.25) is 4.79 Å². The summed E-state index contributed by atoms with van der Waals surface area (Å²) < 4.78 is 0. The summed E-state index contributed by atoms with van der Waals surface area (Å²) in [7, 11) is 0. The van der Waals surface area contributed by atoms with Crippen LogP contribution in [0.3, 0.4) is 0 Å². The van der Waals surface area contributed by atoms with Crippen LogP contribution in [-0.2, 0) is 11.2 Å². The number of H-pyrrole nitrogens is 1. The third kappa shape index (κ3) is 2.06. The Bertz CT molecular complexity index is 735. The van der Waals surface area contributed by atoms with Crippen molar-refractivity contribution >= 4 is 17.0 Å². The molecule has 0 aliphatic carbocycles. The number of carboxylic acid groups (broad SMARTS) is 1. The number of aromatic nitrogens is 3. The van der Waals surface area contributed by atoms with E-state index < -0.39 is 5.97 Å². The summed E-state index contributed by atoms with van der Waals surface area (Å²) >= 11 is 0. The molecule has 0 amide bonds. The Hall–Kier alpha value is -2.69. The van der Waals surface area contributed by atoms with Crippen LogP contribution in [0.4, 0.5) is 0 Å². The Morgan fingerprint density at radius 2 is 2.00 bits per heavy atom. The van der Waals surface area contributed by atoms with Crippen molar-refractivity contribution in [3.63, 3.8) is 0 Å². The van der Waals surface area contributed by atoms with Crippen LogP contribution in [0.5, 0.6) is 0 Å². The molecule has 5 heteroatoms. The SMILES string of the molecule is O=C(O)Cc1c[nH]c2ncnc(-c3ccccc3)c12. The van der Waals surface area contributed by atoms with Crippen LogP contribution in [-0.4, -0.2) is 26.0 Å². The van der Waals surface area contributed by atoms with Gasteiger partial charge in [0.2, 0.25) is 0 Å². The quantitative estimate of drug-likeness (QED) is 0.750. The van der Waals surface area contributed by atoms with Crippen LogP contribution in [0.25, 0.3) is 22.3 Å². The van der Waals surface area contributed by atoms with Crippen molar-refractivity contribution < 1.29 is 9.90 Å². The second-order valence-corrected chi connectivity index (χ2v) is 4.20. The molecule has 0 atom stereocenters. The highest BCUT2D eigenvalue weighted by Gasteiger charge is 2.14. The summed E-state index contributed by atoms with van der Waals surface area (Å²) in [6.45, 7) is 0. The third-order valence-electron chi connectivity index (χ3n) is 2.94. The van der Waals surface area contributed by atoms with Crippen molar-refractivity contribution in [2.45, 2.75) is 6.42 Å². The van der Waals surface area contributed by atoms with Gasteiger partial charge in [-0.05, 0) is 5.56 Å². The standard InChI is InChI=1S/C14H11N3O2/c18-11(19)6-10-7-15-14-12(10)13(16-8-17-14)9-4-2-1-3-5-9/h1-5,7-8H,6H2,(H,18,19)(H,15,16,17). The predicted octanol–water partition coefficient (Wildman–Crippen LogP) is 2.25. The number of aromatic amines is 1. The predicted molar refractivity (Wildman–Crippen MR) is 70.7 cm³/mol. The summed E-state index contributed by atoms with van der Waals surface area (Å²) in [5.74, 6) is -0.872. The van der Waals surface area contributed by atoms with Crippen molar-refractivity contribution in [1.82, 2.24) is 15.0 Å². The summed E-state index contributed by atoms with van der Waals surface area (Å²) in [5, 5.41) is 9.73. The highest BCUT2D eigenvalue weighted by atomic mass is 16.4. The Morgan fingerprint density at radius 1 is 1.21 bits per heavy atom.